The lowest BCUT2D eigenvalue weighted by atomic mass is 9.96. The van der Waals surface area contributed by atoms with Gasteiger partial charge in [-0.15, -0.1) is 0 Å². The first-order valence-corrected chi connectivity index (χ1v) is 13.8. The lowest BCUT2D eigenvalue weighted by Gasteiger charge is -2.30. The van der Waals surface area contributed by atoms with Gasteiger partial charge in [-0.2, -0.15) is 16.4 Å². The van der Waals surface area contributed by atoms with E-state index in [1.165, 1.54) is 5.69 Å². The Morgan fingerprint density at radius 1 is 1.14 bits per heavy atom. The zero-order chi connectivity index (χ0) is 24.5. The summed E-state index contributed by atoms with van der Waals surface area (Å²) in [6.45, 7) is 6.62. The first kappa shape index (κ1) is 23.4. The number of carbonyl (C=O) groups excluding carboxylic acids is 1. The molecule has 2 saturated heterocycles. The van der Waals surface area contributed by atoms with E-state index in [9.17, 15) is 4.79 Å². The number of hydrogen-bond donors (Lipinski definition) is 1. The smallest absolute Gasteiger partial charge is 0.158 e. The molecule has 2 aliphatic heterocycles. The first-order chi connectivity index (χ1) is 17.7. The van der Waals surface area contributed by atoms with E-state index < -0.39 is 0 Å². The van der Waals surface area contributed by atoms with Crippen LogP contribution in [0.5, 0.6) is 0 Å². The van der Waals surface area contributed by atoms with Gasteiger partial charge >= 0.3 is 0 Å². The van der Waals surface area contributed by atoms with Crippen molar-refractivity contribution in [1.29, 1.82) is 0 Å². The second kappa shape index (κ2) is 10.2. The minimum absolute atomic E-state index is 0.166. The number of fused-ring (bicyclic) bond motifs is 1. The normalized spacial score (nSPS) is 19.7. The number of thiophene rings is 1. The fourth-order valence-electron chi connectivity index (χ4n) is 5.67. The maximum atomic E-state index is 13.7. The number of likely N-dealkylation sites (tertiary alicyclic amines) is 1. The number of Topliss-reactive ketones (excluding diaryl/α,β-unsaturated/α-hetero) is 1. The molecule has 0 radical (unpaired) electrons. The number of ketones is 1. The number of nitrogens with one attached hydrogen (secondary N) is 1. The summed E-state index contributed by atoms with van der Waals surface area (Å²) >= 11 is 1.66. The van der Waals surface area contributed by atoms with E-state index in [2.05, 4.69) is 86.2 Å². The number of aromatic amines is 1. The third kappa shape index (κ3) is 4.59. The molecular formula is C29H32N4O2S. The van der Waals surface area contributed by atoms with Gasteiger partial charge in [0.25, 0.3) is 0 Å². The van der Waals surface area contributed by atoms with Gasteiger partial charge < -0.3 is 9.64 Å². The highest BCUT2D eigenvalue weighted by Gasteiger charge is 2.33. The lowest BCUT2D eigenvalue weighted by molar-refractivity contribution is -0.124. The number of aromatic nitrogens is 2. The molecule has 4 aromatic rings. The van der Waals surface area contributed by atoms with Gasteiger partial charge in [-0.25, -0.2) is 0 Å². The predicted octanol–water partition coefficient (Wildman–Crippen LogP) is 5.47. The van der Waals surface area contributed by atoms with Gasteiger partial charge in [0.2, 0.25) is 0 Å². The van der Waals surface area contributed by atoms with Crippen LogP contribution in [-0.4, -0.2) is 59.8 Å². The van der Waals surface area contributed by atoms with Gasteiger partial charge in [-0.3, -0.25) is 14.8 Å². The maximum absolute atomic E-state index is 13.7. The van der Waals surface area contributed by atoms with Gasteiger partial charge in [0.05, 0.1) is 30.5 Å². The fraction of sp³-hybridized carbons (Fsp3) is 0.379. The van der Waals surface area contributed by atoms with Crippen LogP contribution in [0.1, 0.15) is 36.9 Å². The monoisotopic (exact) mass is 500 g/mol. The molecule has 2 aromatic carbocycles. The molecule has 2 aliphatic rings. The maximum Gasteiger partial charge on any atom is 0.158 e. The van der Waals surface area contributed by atoms with Crippen molar-refractivity contribution in [2.45, 2.75) is 38.3 Å². The largest absolute Gasteiger partial charge is 0.378 e. The standard InChI is InChI=1S/C29H32N4O2S/c1-20-3-2-11-33(20)29(23-10-16-36-19-23)27(34)18-21-4-9-26-25(17-21)28(31-30-26)22-5-7-24(8-6-22)32-12-14-35-15-13-32/h4-10,16-17,19-20,29H,2-3,11-15,18H2,1H3,(H,30,31)/t20-,29-/m1/s1. The van der Waals surface area contributed by atoms with E-state index in [0.717, 1.165) is 79.0 Å². The second-order valence-corrected chi connectivity index (χ2v) is 10.7. The number of benzene rings is 2. The summed E-state index contributed by atoms with van der Waals surface area (Å²) in [6, 6.07) is 17.2. The van der Waals surface area contributed by atoms with E-state index >= 15 is 0 Å². The summed E-state index contributed by atoms with van der Waals surface area (Å²) in [6.07, 6.45) is 2.73. The zero-order valence-electron chi connectivity index (χ0n) is 20.7. The van der Waals surface area contributed by atoms with Gasteiger partial charge in [0, 0.05) is 42.2 Å². The van der Waals surface area contributed by atoms with Crippen LogP contribution in [0.4, 0.5) is 5.69 Å². The molecule has 6 nitrogen and oxygen atoms in total. The second-order valence-electron chi connectivity index (χ2n) is 9.93. The number of hydrogen-bond acceptors (Lipinski definition) is 6. The molecule has 1 N–H and O–H groups in total. The summed E-state index contributed by atoms with van der Waals surface area (Å²) < 4.78 is 5.48. The summed E-state index contributed by atoms with van der Waals surface area (Å²) in [7, 11) is 0. The number of ether oxygens (including phenoxy) is 1. The molecule has 2 fully saturated rings. The van der Waals surface area contributed by atoms with Crippen LogP contribution < -0.4 is 4.90 Å². The summed E-state index contributed by atoms with van der Waals surface area (Å²) in [5, 5.41) is 13.1. The Morgan fingerprint density at radius 3 is 2.69 bits per heavy atom. The minimum atomic E-state index is -0.166. The molecule has 2 aromatic heterocycles. The van der Waals surface area contributed by atoms with Crippen molar-refractivity contribution in [2.24, 2.45) is 0 Å². The van der Waals surface area contributed by atoms with Crippen molar-refractivity contribution < 1.29 is 9.53 Å². The van der Waals surface area contributed by atoms with Crippen LogP contribution >= 0.6 is 11.3 Å². The first-order valence-electron chi connectivity index (χ1n) is 12.9. The van der Waals surface area contributed by atoms with Crippen LogP contribution in [0.15, 0.2) is 59.3 Å². The summed E-state index contributed by atoms with van der Waals surface area (Å²) in [4.78, 5) is 18.4. The van der Waals surface area contributed by atoms with Gasteiger partial charge in [-0.1, -0.05) is 18.2 Å². The van der Waals surface area contributed by atoms with Crippen LogP contribution in [-0.2, 0) is 16.0 Å². The number of H-pyrrole nitrogens is 1. The van der Waals surface area contributed by atoms with E-state index in [0.29, 0.717) is 12.5 Å². The number of nitrogens with zero attached hydrogens (tertiary/aromatic N) is 3. The van der Waals surface area contributed by atoms with Gasteiger partial charge in [0.1, 0.15) is 0 Å². The van der Waals surface area contributed by atoms with Gasteiger partial charge in [0.15, 0.2) is 5.78 Å². The zero-order valence-corrected chi connectivity index (χ0v) is 21.5. The Kier molecular flexibility index (Phi) is 6.61. The molecule has 6 rings (SSSR count). The molecular weight excluding hydrogens is 468 g/mol. The van der Waals surface area contributed by atoms with E-state index in [1.54, 1.807) is 11.3 Å². The lowest BCUT2D eigenvalue weighted by Crippen LogP contribution is -2.37. The summed E-state index contributed by atoms with van der Waals surface area (Å²) in [5.41, 5.74) is 6.36. The fourth-order valence-corrected chi connectivity index (χ4v) is 6.35. The molecule has 186 valence electrons. The molecule has 4 heterocycles. The molecule has 0 unspecified atom stereocenters. The van der Waals surface area contributed by atoms with Crippen molar-refractivity contribution in [3.05, 3.63) is 70.4 Å². The number of carbonyl (C=O) groups is 1. The van der Waals surface area contributed by atoms with Gasteiger partial charge in [-0.05, 0) is 78.5 Å². The van der Waals surface area contributed by atoms with Crippen molar-refractivity contribution in [2.75, 3.05) is 37.7 Å². The van der Waals surface area contributed by atoms with Crippen molar-refractivity contribution in [1.82, 2.24) is 15.1 Å². The molecule has 36 heavy (non-hydrogen) atoms. The molecule has 0 amide bonds. The molecule has 0 saturated carbocycles. The predicted molar refractivity (Wildman–Crippen MR) is 146 cm³/mol. The Balaban J connectivity index is 1.25. The van der Waals surface area contributed by atoms with Crippen molar-refractivity contribution >= 4 is 33.7 Å². The molecule has 7 heteroatoms. The molecule has 0 aliphatic carbocycles. The average molecular weight is 501 g/mol. The van der Waals surface area contributed by atoms with E-state index in [1.807, 2.05) is 0 Å². The Bertz CT molecular complexity index is 1330. The van der Waals surface area contributed by atoms with Crippen LogP contribution in [0.2, 0.25) is 0 Å². The highest BCUT2D eigenvalue weighted by Crippen LogP contribution is 2.33. The van der Waals surface area contributed by atoms with E-state index in [4.69, 9.17) is 4.74 Å². The van der Waals surface area contributed by atoms with Crippen LogP contribution in [0.3, 0.4) is 0 Å². The number of morpholine rings is 1. The van der Waals surface area contributed by atoms with Crippen LogP contribution in [0, 0.1) is 0 Å². The Hall–Kier alpha value is -3.00. The quantitative estimate of drug-likeness (QED) is 0.365. The average Bonchev–Trinajstić information content (AvgIpc) is 3.67. The Morgan fingerprint density at radius 2 is 1.97 bits per heavy atom. The van der Waals surface area contributed by atoms with Crippen molar-refractivity contribution in [3.63, 3.8) is 0 Å². The highest BCUT2D eigenvalue weighted by molar-refractivity contribution is 7.08. The van der Waals surface area contributed by atoms with Crippen LogP contribution in [0.25, 0.3) is 22.2 Å². The molecule has 0 spiro atoms. The Labute approximate surface area is 215 Å². The SMILES string of the molecule is C[C@@H]1CCCN1[C@@H](C(=O)Cc1ccc2[nH]nc(-c3ccc(N4CCOCC4)cc3)c2c1)c1ccsc1. The third-order valence-electron chi connectivity index (χ3n) is 7.62. The van der Waals surface area contributed by atoms with E-state index in [-0.39, 0.29) is 11.8 Å². The number of anilines is 1. The summed E-state index contributed by atoms with van der Waals surface area (Å²) in [5.74, 6) is 0.265. The molecule has 0 bridgehead atoms. The third-order valence-corrected chi connectivity index (χ3v) is 8.32. The van der Waals surface area contributed by atoms with Crippen molar-refractivity contribution in [3.8, 4) is 11.3 Å². The topological polar surface area (TPSA) is 61.5 Å². The minimum Gasteiger partial charge on any atom is -0.378 e. The number of rotatable bonds is 7. The highest BCUT2D eigenvalue weighted by atomic mass is 32.1. The molecule has 2 atom stereocenters.